The molecule has 0 N–H and O–H groups in total. The van der Waals surface area contributed by atoms with Crippen LogP contribution in [0.3, 0.4) is 0 Å². The first-order valence-corrected chi connectivity index (χ1v) is 6.71. The van der Waals surface area contributed by atoms with Crippen molar-refractivity contribution in [2.45, 2.75) is 33.2 Å². The summed E-state index contributed by atoms with van der Waals surface area (Å²) in [5.41, 5.74) is 0. The van der Waals surface area contributed by atoms with E-state index in [-0.39, 0.29) is 0 Å². The molecule has 2 unspecified atom stereocenters. The Morgan fingerprint density at radius 1 is 1.54 bits per heavy atom. The Morgan fingerprint density at radius 3 is 2.77 bits per heavy atom. The number of rotatable bonds is 3. The Labute approximate surface area is 84.2 Å². The summed E-state index contributed by atoms with van der Waals surface area (Å²) >= 11 is 0. The molecule has 0 aromatic rings. The van der Waals surface area contributed by atoms with E-state index < -0.39 is 10.8 Å². The van der Waals surface area contributed by atoms with E-state index in [9.17, 15) is 4.21 Å². The van der Waals surface area contributed by atoms with Crippen LogP contribution in [0.2, 0.25) is 0 Å². The van der Waals surface area contributed by atoms with Crippen molar-refractivity contribution in [2.24, 2.45) is 5.92 Å². The zero-order chi connectivity index (χ0) is 9.84. The fourth-order valence-electron chi connectivity index (χ4n) is 1.98. The second-order valence-corrected chi connectivity index (χ2v) is 5.84. The third kappa shape index (κ3) is 3.39. The maximum absolute atomic E-state index is 11.4. The molecule has 1 saturated heterocycles. The van der Waals surface area contributed by atoms with Gasteiger partial charge in [-0.15, -0.1) is 0 Å². The highest BCUT2D eigenvalue weighted by Crippen LogP contribution is 2.16. The van der Waals surface area contributed by atoms with Crippen molar-refractivity contribution in [2.75, 3.05) is 24.6 Å². The molecule has 1 heterocycles. The van der Waals surface area contributed by atoms with Crippen LogP contribution in [0.1, 0.15) is 27.2 Å². The molecular weight excluding hydrogens is 182 g/mol. The molecule has 0 amide bonds. The average Bonchev–Trinajstić information content (AvgIpc) is 2.03. The van der Waals surface area contributed by atoms with Gasteiger partial charge >= 0.3 is 0 Å². The SMILES string of the molecule is CCN1CCS(=O)CC1CC(C)C. The normalized spacial score (nSPS) is 31.1. The molecule has 0 spiro atoms. The van der Waals surface area contributed by atoms with E-state index in [1.165, 1.54) is 6.42 Å². The number of hydrogen-bond acceptors (Lipinski definition) is 2. The summed E-state index contributed by atoms with van der Waals surface area (Å²) in [4.78, 5) is 2.47. The Bertz CT molecular complexity index is 182. The average molecular weight is 203 g/mol. The van der Waals surface area contributed by atoms with Gasteiger partial charge in [0.15, 0.2) is 0 Å². The van der Waals surface area contributed by atoms with Gasteiger partial charge in [0.05, 0.1) is 0 Å². The molecule has 13 heavy (non-hydrogen) atoms. The van der Waals surface area contributed by atoms with Crippen LogP contribution in [-0.2, 0) is 10.8 Å². The van der Waals surface area contributed by atoms with Crippen LogP contribution in [0.5, 0.6) is 0 Å². The van der Waals surface area contributed by atoms with Gasteiger partial charge in [0, 0.05) is 34.9 Å². The van der Waals surface area contributed by atoms with Crippen LogP contribution in [0.4, 0.5) is 0 Å². The monoisotopic (exact) mass is 203 g/mol. The van der Waals surface area contributed by atoms with E-state index >= 15 is 0 Å². The minimum absolute atomic E-state index is 0.551. The molecule has 1 fully saturated rings. The van der Waals surface area contributed by atoms with Crippen LogP contribution in [-0.4, -0.2) is 39.7 Å². The minimum Gasteiger partial charge on any atom is -0.299 e. The molecule has 1 aliphatic rings. The molecule has 1 aliphatic heterocycles. The lowest BCUT2D eigenvalue weighted by Gasteiger charge is -2.35. The molecule has 2 nitrogen and oxygen atoms in total. The van der Waals surface area contributed by atoms with Crippen LogP contribution in [0, 0.1) is 5.92 Å². The van der Waals surface area contributed by atoms with Crippen LogP contribution < -0.4 is 0 Å². The van der Waals surface area contributed by atoms with Crippen molar-refractivity contribution >= 4 is 10.8 Å². The maximum atomic E-state index is 11.4. The predicted octanol–water partition coefficient (Wildman–Crippen LogP) is 1.49. The fraction of sp³-hybridized carbons (Fsp3) is 1.00. The van der Waals surface area contributed by atoms with E-state index in [2.05, 4.69) is 25.7 Å². The molecule has 2 atom stereocenters. The molecule has 0 bridgehead atoms. The lowest BCUT2D eigenvalue weighted by atomic mass is 10.0. The van der Waals surface area contributed by atoms with Gasteiger partial charge in [0.2, 0.25) is 0 Å². The van der Waals surface area contributed by atoms with E-state index in [0.717, 1.165) is 24.6 Å². The lowest BCUT2D eigenvalue weighted by molar-refractivity contribution is 0.202. The highest BCUT2D eigenvalue weighted by Gasteiger charge is 2.25. The van der Waals surface area contributed by atoms with E-state index in [0.29, 0.717) is 12.0 Å². The van der Waals surface area contributed by atoms with Gasteiger partial charge in [0.25, 0.3) is 0 Å². The molecule has 78 valence electrons. The standard InChI is InChI=1S/C10H21NOS/c1-4-11-5-6-13(12)8-10(11)7-9(2)3/h9-10H,4-8H2,1-3H3. The zero-order valence-electron chi connectivity index (χ0n) is 8.95. The summed E-state index contributed by atoms with van der Waals surface area (Å²) in [6.07, 6.45) is 1.19. The summed E-state index contributed by atoms with van der Waals surface area (Å²) in [5, 5.41) is 0. The molecule has 0 radical (unpaired) electrons. The Balaban J connectivity index is 2.49. The van der Waals surface area contributed by atoms with E-state index in [4.69, 9.17) is 0 Å². The highest BCUT2D eigenvalue weighted by atomic mass is 32.2. The van der Waals surface area contributed by atoms with Gasteiger partial charge in [-0.1, -0.05) is 20.8 Å². The maximum Gasteiger partial charge on any atom is 0.0391 e. The van der Waals surface area contributed by atoms with Crippen molar-refractivity contribution in [3.8, 4) is 0 Å². The van der Waals surface area contributed by atoms with Crippen LogP contribution in [0.15, 0.2) is 0 Å². The fourth-order valence-corrected chi connectivity index (χ4v) is 3.36. The molecule has 0 aromatic heterocycles. The molecule has 0 aromatic carbocycles. The van der Waals surface area contributed by atoms with Gasteiger partial charge in [-0.3, -0.25) is 9.11 Å². The smallest absolute Gasteiger partial charge is 0.0391 e. The predicted molar refractivity (Wildman–Crippen MR) is 58.4 cm³/mol. The van der Waals surface area contributed by atoms with Crippen LogP contribution >= 0.6 is 0 Å². The summed E-state index contributed by atoms with van der Waals surface area (Å²) in [5.74, 6) is 2.49. The van der Waals surface area contributed by atoms with Crippen molar-refractivity contribution in [3.05, 3.63) is 0 Å². The minimum atomic E-state index is -0.551. The third-order valence-electron chi connectivity index (χ3n) is 2.65. The van der Waals surface area contributed by atoms with Crippen LogP contribution in [0.25, 0.3) is 0 Å². The summed E-state index contributed by atoms with van der Waals surface area (Å²) in [7, 11) is -0.551. The van der Waals surface area contributed by atoms with Gasteiger partial charge < -0.3 is 0 Å². The van der Waals surface area contributed by atoms with Crippen molar-refractivity contribution in [1.29, 1.82) is 0 Å². The molecular formula is C10H21NOS. The summed E-state index contributed by atoms with van der Waals surface area (Å²) in [6.45, 7) is 8.81. The van der Waals surface area contributed by atoms with E-state index in [1.54, 1.807) is 0 Å². The molecule has 0 saturated carbocycles. The van der Waals surface area contributed by atoms with Crippen molar-refractivity contribution < 1.29 is 4.21 Å². The Kier molecular flexibility index (Phi) is 4.39. The molecule has 3 heteroatoms. The number of nitrogens with zero attached hydrogens (tertiary/aromatic N) is 1. The largest absolute Gasteiger partial charge is 0.299 e. The topological polar surface area (TPSA) is 20.3 Å². The van der Waals surface area contributed by atoms with Crippen molar-refractivity contribution in [1.82, 2.24) is 4.90 Å². The summed E-state index contributed by atoms with van der Waals surface area (Å²) in [6, 6.07) is 0.569. The lowest BCUT2D eigenvalue weighted by Crippen LogP contribution is -2.46. The first kappa shape index (κ1) is 11.2. The first-order chi connectivity index (χ1) is 6.13. The van der Waals surface area contributed by atoms with E-state index in [1.807, 2.05) is 0 Å². The van der Waals surface area contributed by atoms with Gasteiger partial charge in [0.1, 0.15) is 0 Å². The second-order valence-electron chi connectivity index (χ2n) is 4.22. The second kappa shape index (κ2) is 5.11. The third-order valence-corrected chi connectivity index (χ3v) is 4.04. The van der Waals surface area contributed by atoms with Gasteiger partial charge in [-0.25, -0.2) is 0 Å². The first-order valence-electron chi connectivity index (χ1n) is 5.22. The quantitative estimate of drug-likeness (QED) is 0.692. The molecule has 1 rings (SSSR count). The Hall–Kier alpha value is 0.110. The summed E-state index contributed by atoms with van der Waals surface area (Å²) < 4.78 is 11.4. The molecule has 0 aliphatic carbocycles. The van der Waals surface area contributed by atoms with Gasteiger partial charge in [-0.2, -0.15) is 0 Å². The number of hydrogen-bond donors (Lipinski definition) is 0. The van der Waals surface area contributed by atoms with Crippen molar-refractivity contribution in [3.63, 3.8) is 0 Å². The Morgan fingerprint density at radius 2 is 2.23 bits per heavy atom. The van der Waals surface area contributed by atoms with Gasteiger partial charge in [-0.05, 0) is 18.9 Å². The highest BCUT2D eigenvalue weighted by molar-refractivity contribution is 7.85. The zero-order valence-corrected chi connectivity index (χ0v) is 9.77.